The number of aliphatic hydroxyl groups is 1. The maximum atomic E-state index is 8.97. The number of rotatable bonds is 3. The molecule has 1 N–H and O–H groups in total. The second-order valence-corrected chi connectivity index (χ2v) is 4.42. The van der Waals surface area contributed by atoms with Crippen LogP contribution < -0.4 is 0 Å². The smallest absolute Gasteiger partial charge is 0.158 e. The van der Waals surface area contributed by atoms with Crippen molar-refractivity contribution in [2.24, 2.45) is 0 Å². The molecule has 4 nitrogen and oxygen atoms in total. The lowest BCUT2D eigenvalue weighted by Crippen LogP contribution is -2.02. The predicted octanol–water partition coefficient (Wildman–Crippen LogP) is 1.19. The number of hydrogen-bond donors (Lipinski definition) is 1. The number of nitrogens with zero attached hydrogens (tertiary/aromatic N) is 3. The standard InChI is InChI=1S/C9H11N3OS/c1-7-2-3-8(14-7)4-12-6-10-11-9(12)5-13/h2-3,6,13H,4-5H2,1H3. The molecule has 0 aromatic carbocycles. The molecule has 2 heterocycles. The van der Waals surface area contributed by atoms with E-state index in [1.807, 2.05) is 4.57 Å². The first kappa shape index (κ1) is 9.36. The van der Waals surface area contributed by atoms with Gasteiger partial charge in [-0.3, -0.25) is 0 Å². The molecule has 5 heteroatoms. The molecule has 2 rings (SSSR count). The SMILES string of the molecule is Cc1ccc(Cn2cnnc2CO)s1. The van der Waals surface area contributed by atoms with Crippen molar-refractivity contribution in [2.75, 3.05) is 0 Å². The highest BCUT2D eigenvalue weighted by Crippen LogP contribution is 2.16. The van der Waals surface area contributed by atoms with Gasteiger partial charge in [-0.25, -0.2) is 0 Å². The molecule has 0 bridgehead atoms. The fourth-order valence-corrected chi connectivity index (χ4v) is 2.16. The van der Waals surface area contributed by atoms with E-state index in [2.05, 4.69) is 29.3 Å². The fraction of sp³-hybridized carbons (Fsp3) is 0.333. The number of aromatic nitrogens is 3. The number of aryl methyl sites for hydroxylation is 1. The maximum absolute atomic E-state index is 8.97. The quantitative estimate of drug-likeness (QED) is 0.826. The molecule has 0 atom stereocenters. The van der Waals surface area contributed by atoms with Crippen LogP contribution in [0.1, 0.15) is 15.6 Å². The van der Waals surface area contributed by atoms with Crippen molar-refractivity contribution in [1.29, 1.82) is 0 Å². The summed E-state index contributed by atoms with van der Waals surface area (Å²) in [5.74, 6) is 0.607. The Bertz CT molecular complexity index is 421. The monoisotopic (exact) mass is 209 g/mol. The molecule has 0 amide bonds. The van der Waals surface area contributed by atoms with E-state index in [-0.39, 0.29) is 6.61 Å². The predicted molar refractivity (Wildman–Crippen MR) is 54.1 cm³/mol. The molecular formula is C9H11N3OS. The molecule has 74 valence electrons. The third kappa shape index (κ3) is 1.83. The van der Waals surface area contributed by atoms with Gasteiger partial charge in [-0.2, -0.15) is 0 Å². The maximum Gasteiger partial charge on any atom is 0.158 e. The van der Waals surface area contributed by atoms with Gasteiger partial charge in [-0.05, 0) is 19.1 Å². The molecule has 2 aromatic rings. The molecule has 0 saturated heterocycles. The Morgan fingerprint density at radius 1 is 1.50 bits per heavy atom. The highest BCUT2D eigenvalue weighted by Gasteiger charge is 2.04. The molecule has 0 aliphatic rings. The van der Waals surface area contributed by atoms with Crippen LogP contribution in [0.25, 0.3) is 0 Å². The van der Waals surface area contributed by atoms with Crippen LogP contribution in [0, 0.1) is 6.92 Å². The molecule has 0 unspecified atom stereocenters. The summed E-state index contributed by atoms with van der Waals surface area (Å²) in [4.78, 5) is 2.54. The van der Waals surface area contributed by atoms with E-state index in [1.165, 1.54) is 9.75 Å². The van der Waals surface area contributed by atoms with Gasteiger partial charge in [0.15, 0.2) is 5.82 Å². The second-order valence-electron chi connectivity index (χ2n) is 3.05. The van der Waals surface area contributed by atoms with Crippen LogP contribution in [0.15, 0.2) is 18.5 Å². The summed E-state index contributed by atoms with van der Waals surface area (Å²) >= 11 is 1.75. The number of aliphatic hydroxyl groups excluding tert-OH is 1. The molecule has 0 fully saturated rings. The largest absolute Gasteiger partial charge is 0.388 e. The van der Waals surface area contributed by atoms with Gasteiger partial charge in [0, 0.05) is 9.75 Å². The van der Waals surface area contributed by atoms with E-state index in [0.29, 0.717) is 5.82 Å². The van der Waals surface area contributed by atoms with E-state index in [4.69, 9.17) is 5.11 Å². The van der Waals surface area contributed by atoms with Crippen molar-refractivity contribution in [1.82, 2.24) is 14.8 Å². The second kappa shape index (κ2) is 3.89. The molecule has 0 radical (unpaired) electrons. The Balaban J connectivity index is 2.18. The third-order valence-electron chi connectivity index (χ3n) is 1.96. The lowest BCUT2D eigenvalue weighted by atomic mass is 10.4. The summed E-state index contributed by atoms with van der Waals surface area (Å²) in [6.07, 6.45) is 1.64. The average Bonchev–Trinajstić information content (AvgIpc) is 2.76. The van der Waals surface area contributed by atoms with Gasteiger partial charge >= 0.3 is 0 Å². The van der Waals surface area contributed by atoms with Crippen LogP contribution in [0.5, 0.6) is 0 Å². The summed E-state index contributed by atoms with van der Waals surface area (Å²) in [6.45, 7) is 2.75. The highest BCUT2D eigenvalue weighted by molar-refractivity contribution is 7.11. The van der Waals surface area contributed by atoms with Crippen molar-refractivity contribution in [3.05, 3.63) is 34.0 Å². The topological polar surface area (TPSA) is 50.9 Å². The van der Waals surface area contributed by atoms with Crippen molar-refractivity contribution in [3.63, 3.8) is 0 Å². The molecule has 0 aliphatic heterocycles. The zero-order chi connectivity index (χ0) is 9.97. The number of thiophene rings is 1. The molecule has 0 spiro atoms. The first-order chi connectivity index (χ1) is 6.79. The van der Waals surface area contributed by atoms with Crippen LogP contribution in [-0.2, 0) is 13.2 Å². The Labute approximate surface area is 85.8 Å². The molecule has 14 heavy (non-hydrogen) atoms. The van der Waals surface area contributed by atoms with Gasteiger partial charge in [0.2, 0.25) is 0 Å². The first-order valence-electron chi connectivity index (χ1n) is 4.32. The van der Waals surface area contributed by atoms with E-state index >= 15 is 0 Å². The average molecular weight is 209 g/mol. The Morgan fingerprint density at radius 2 is 2.36 bits per heavy atom. The summed E-state index contributed by atoms with van der Waals surface area (Å²) in [7, 11) is 0. The van der Waals surface area contributed by atoms with Gasteiger partial charge in [-0.1, -0.05) is 0 Å². The summed E-state index contributed by atoms with van der Waals surface area (Å²) in [6, 6.07) is 4.17. The minimum Gasteiger partial charge on any atom is -0.388 e. The van der Waals surface area contributed by atoms with Gasteiger partial charge in [-0.15, -0.1) is 21.5 Å². The lowest BCUT2D eigenvalue weighted by Gasteiger charge is -2.01. The van der Waals surface area contributed by atoms with Crippen molar-refractivity contribution >= 4 is 11.3 Å². The van der Waals surface area contributed by atoms with Gasteiger partial charge in [0.25, 0.3) is 0 Å². The van der Waals surface area contributed by atoms with E-state index in [9.17, 15) is 0 Å². The van der Waals surface area contributed by atoms with E-state index in [0.717, 1.165) is 6.54 Å². The van der Waals surface area contributed by atoms with E-state index in [1.54, 1.807) is 17.7 Å². The zero-order valence-corrected chi connectivity index (χ0v) is 8.66. The minimum absolute atomic E-state index is 0.0651. The highest BCUT2D eigenvalue weighted by atomic mass is 32.1. The molecule has 0 aliphatic carbocycles. The van der Waals surface area contributed by atoms with Crippen LogP contribution in [0.4, 0.5) is 0 Å². The van der Waals surface area contributed by atoms with Crippen molar-refractivity contribution in [3.8, 4) is 0 Å². The van der Waals surface area contributed by atoms with E-state index < -0.39 is 0 Å². The third-order valence-corrected chi connectivity index (χ3v) is 2.94. The van der Waals surface area contributed by atoms with Crippen molar-refractivity contribution < 1.29 is 5.11 Å². The number of hydrogen-bond acceptors (Lipinski definition) is 4. The summed E-state index contributed by atoms with van der Waals surface area (Å²) in [5, 5.41) is 16.5. The van der Waals surface area contributed by atoms with Gasteiger partial charge in [0.1, 0.15) is 12.9 Å². The molecule has 0 saturated carbocycles. The van der Waals surface area contributed by atoms with Crippen LogP contribution >= 0.6 is 11.3 Å². The molecule has 2 aromatic heterocycles. The van der Waals surface area contributed by atoms with Gasteiger partial charge < -0.3 is 9.67 Å². The fourth-order valence-electron chi connectivity index (χ4n) is 1.27. The summed E-state index contributed by atoms with van der Waals surface area (Å²) < 4.78 is 1.85. The normalized spacial score (nSPS) is 10.7. The van der Waals surface area contributed by atoms with Crippen LogP contribution in [0.3, 0.4) is 0 Å². The Morgan fingerprint density at radius 3 is 3.00 bits per heavy atom. The van der Waals surface area contributed by atoms with Crippen LogP contribution in [-0.4, -0.2) is 19.9 Å². The summed E-state index contributed by atoms with van der Waals surface area (Å²) in [5.41, 5.74) is 0. The zero-order valence-electron chi connectivity index (χ0n) is 7.84. The van der Waals surface area contributed by atoms with Crippen molar-refractivity contribution in [2.45, 2.75) is 20.1 Å². The lowest BCUT2D eigenvalue weighted by molar-refractivity contribution is 0.265. The first-order valence-corrected chi connectivity index (χ1v) is 5.14. The van der Waals surface area contributed by atoms with Gasteiger partial charge in [0.05, 0.1) is 6.54 Å². The van der Waals surface area contributed by atoms with Crippen LogP contribution in [0.2, 0.25) is 0 Å². The minimum atomic E-state index is -0.0651. The Kier molecular flexibility index (Phi) is 2.60. The molecular weight excluding hydrogens is 198 g/mol. The Hall–Kier alpha value is -1.20.